The van der Waals surface area contributed by atoms with Gasteiger partial charge in [0.2, 0.25) is 0 Å². The molecule has 0 radical (unpaired) electrons. The monoisotopic (exact) mass is 216 g/mol. The van der Waals surface area contributed by atoms with E-state index >= 15 is 0 Å². The third kappa shape index (κ3) is 2.45. The fraction of sp³-hybridized carbons (Fsp3) is 0.417. The zero-order chi connectivity index (χ0) is 11.6. The highest BCUT2D eigenvalue weighted by Gasteiger charge is 2.14. The Morgan fingerprint density at radius 2 is 2.06 bits per heavy atom. The maximum Gasteiger partial charge on any atom is 0.137 e. The first-order valence-corrected chi connectivity index (χ1v) is 5.33. The van der Waals surface area contributed by atoms with Crippen LogP contribution in [0.2, 0.25) is 0 Å². The minimum Gasteiger partial charge on any atom is -0.260 e. The number of hydrogen-bond acceptors (Lipinski definition) is 3. The van der Waals surface area contributed by atoms with Crippen molar-refractivity contribution in [2.45, 2.75) is 32.7 Å². The molecule has 0 bridgehead atoms. The zero-order valence-corrected chi connectivity index (χ0v) is 9.88. The highest BCUT2D eigenvalue weighted by atomic mass is 15.3. The largest absolute Gasteiger partial charge is 0.260 e. The van der Waals surface area contributed by atoms with Gasteiger partial charge in [-0.15, -0.1) is 0 Å². The van der Waals surface area contributed by atoms with Gasteiger partial charge < -0.3 is 0 Å². The summed E-state index contributed by atoms with van der Waals surface area (Å²) in [5.41, 5.74) is 2.35. The maximum absolute atomic E-state index is 4.47. The van der Waals surface area contributed by atoms with E-state index in [1.54, 1.807) is 11.0 Å². The Morgan fingerprint density at radius 3 is 2.56 bits per heavy atom. The Balaban J connectivity index is 2.14. The average Bonchev–Trinajstić information content (AvgIpc) is 2.70. The van der Waals surface area contributed by atoms with Crippen molar-refractivity contribution in [2.24, 2.45) is 0 Å². The molecule has 4 nitrogen and oxygen atoms in total. The minimum absolute atomic E-state index is 0.103. The van der Waals surface area contributed by atoms with Gasteiger partial charge in [0.25, 0.3) is 0 Å². The van der Waals surface area contributed by atoms with E-state index < -0.39 is 0 Å². The lowest BCUT2D eigenvalue weighted by molar-refractivity contribution is 0.567. The van der Waals surface area contributed by atoms with Crippen molar-refractivity contribution in [3.8, 4) is 0 Å². The molecule has 0 fully saturated rings. The first-order chi connectivity index (χ1) is 7.55. The lowest BCUT2D eigenvalue weighted by Gasteiger charge is -2.17. The van der Waals surface area contributed by atoms with E-state index in [2.05, 4.69) is 48.0 Å². The van der Waals surface area contributed by atoms with Crippen LogP contribution in [0.15, 0.2) is 31.0 Å². The Hall–Kier alpha value is -1.71. The normalized spacial score (nSPS) is 11.7. The summed E-state index contributed by atoms with van der Waals surface area (Å²) in [7, 11) is 0. The molecular formula is C12H16N4. The van der Waals surface area contributed by atoms with Crippen LogP contribution in [0.1, 0.15) is 32.0 Å². The predicted molar refractivity (Wildman–Crippen MR) is 62.1 cm³/mol. The van der Waals surface area contributed by atoms with Crippen LogP contribution in [0, 0.1) is 0 Å². The third-order valence-electron chi connectivity index (χ3n) is 2.40. The number of pyridine rings is 1. The van der Waals surface area contributed by atoms with Gasteiger partial charge in [-0.25, -0.2) is 9.67 Å². The molecule has 0 N–H and O–H groups in total. The molecule has 0 aromatic carbocycles. The second kappa shape index (κ2) is 4.04. The molecule has 0 aliphatic carbocycles. The molecule has 0 saturated heterocycles. The summed E-state index contributed by atoms with van der Waals surface area (Å²) in [5.74, 6) is 0. The molecule has 84 valence electrons. The van der Waals surface area contributed by atoms with Gasteiger partial charge in [-0.1, -0.05) is 26.8 Å². The average molecular weight is 216 g/mol. The van der Waals surface area contributed by atoms with Crippen LogP contribution in [0.5, 0.6) is 0 Å². The van der Waals surface area contributed by atoms with Gasteiger partial charge in [-0.05, 0) is 11.6 Å². The Bertz CT molecular complexity index is 437. The number of aromatic nitrogens is 4. The van der Waals surface area contributed by atoms with Crippen molar-refractivity contribution >= 4 is 0 Å². The van der Waals surface area contributed by atoms with Crippen LogP contribution in [0.3, 0.4) is 0 Å². The van der Waals surface area contributed by atoms with Crippen LogP contribution in [0.4, 0.5) is 0 Å². The zero-order valence-electron chi connectivity index (χ0n) is 9.88. The summed E-state index contributed by atoms with van der Waals surface area (Å²) >= 11 is 0. The van der Waals surface area contributed by atoms with Crippen molar-refractivity contribution in [3.05, 3.63) is 42.2 Å². The van der Waals surface area contributed by atoms with Gasteiger partial charge in [0.1, 0.15) is 12.7 Å². The van der Waals surface area contributed by atoms with Crippen LogP contribution in [-0.4, -0.2) is 19.7 Å². The summed E-state index contributed by atoms with van der Waals surface area (Å²) in [5, 5.41) is 4.06. The molecule has 2 heterocycles. The lowest BCUT2D eigenvalue weighted by Crippen LogP contribution is -2.13. The molecule has 2 rings (SSSR count). The molecule has 0 atom stereocenters. The molecular weight excluding hydrogens is 200 g/mol. The Labute approximate surface area is 95.4 Å². The van der Waals surface area contributed by atoms with Crippen LogP contribution < -0.4 is 0 Å². The van der Waals surface area contributed by atoms with E-state index in [0.717, 1.165) is 17.8 Å². The van der Waals surface area contributed by atoms with Crippen molar-refractivity contribution < 1.29 is 0 Å². The quantitative estimate of drug-likeness (QED) is 0.771. The van der Waals surface area contributed by atoms with Crippen molar-refractivity contribution in [1.29, 1.82) is 0 Å². The van der Waals surface area contributed by atoms with E-state index in [0.29, 0.717) is 0 Å². The standard InChI is InChI=1S/C12H16N4/c1-12(2,3)11-5-4-10(6-14-11)7-16-9-13-8-15-16/h4-6,8-9H,7H2,1-3H3. The molecule has 0 saturated carbocycles. The molecule has 0 aliphatic rings. The summed E-state index contributed by atoms with van der Waals surface area (Å²) in [4.78, 5) is 8.38. The van der Waals surface area contributed by atoms with Crippen molar-refractivity contribution in [1.82, 2.24) is 19.7 Å². The highest BCUT2D eigenvalue weighted by Crippen LogP contribution is 2.19. The first kappa shape index (κ1) is 10.8. The fourth-order valence-electron chi connectivity index (χ4n) is 1.46. The molecule has 0 spiro atoms. The second-order valence-electron chi connectivity index (χ2n) is 4.89. The van der Waals surface area contributed by atoms with E-state index in [9.17, 15) is 0 Å². The molecule has 0 aliphatic heterocycles. The number of nitrogens with zero attached hydrogens (tertiary/aromatic N) is 4. The highest BCUT2D eigenvalue weighted by molar-refractivity contribution is 5.19. The Morgan fingerprint density at radius 1 is 1.25 bits per heavy atom. The minimum atomic E-state index is 0.103. The lowest BCUT2D eigenvalue weighted by atomic mass is 9.91. The topological polar surface area (TPSA) is 43.6 Å². The van der Waals surface area contributed by atoms with Crippen LogP contribution in [-0.2, 0) is 12.0 Å². The molecule has 0 amide bonds. The SMILES string of the molecule is CC(C)(C)c1ccc(Cn2cncn2)cn1. The smallest absolute Gasteiger partial charge is 0.137 e. The second-order valence-corrected chi connectivity index (χ2v) is 4.89. The third-order valence-corrected chi connectivity index (χ3v) is 2.40. The van der Waals surface area contributed by atoms with E-state index in [1.807, 2.05) is 6.20 Å². The van der Waals surface area contributed by atoms with Gasteiger partial charge in [0.15, 0.2) is 0 Å². The molecule has 2 aromatic heterocycles. The summed E-state index contributed by atoms with van der Waals surface area (Å²) < 4.78 is 1.79. The Kier molecular flexibility index (Phi) is 2.73. The van der Waals surface area contributed by atoms with E-state index in [4.69, 9.17) is 0 Å². The summed E-state index contributed by atoms with van der Waals surface area (Å²) in [6, 6.07) is 4.17. The molecule has 4 heteroatoms. The van der Waals surface area contributed by atoms with Gasteiger partial charge in [0.05, 0.1) is 6.54 Å². The summed E-state index contributed by atoms with van der Waals surface area (Å²) in [6.45, 7) is 7.20. The van der Waals surface area contributed by atoms with E-state index in [1.165, 1.54) is 6.33 Å². The van der Waals surface area contributed by atoms with Crippen molar-refractivity contribution in [2.75, 3.05) is 0 Å². The van der Waals surface area contributed by atoms with E-state index in [-0.39, 0.29) is 5.41 Å². The molecule has 2 aromatic rings. The van der Waals surface area contributed by atoms with Gasteiger partial charge >= 0.3 is 0 Å². The number of hydrogen-bond donors (Lipinski definition) is 0. The molecule has 16 heavy (non-hydrogen) atoms. The first-order valence-electron chi connectivity index (χ1n) is 5.33. The van der Waals surface area contributed by atoms with Crippen LogP contribution in [0.25, 0.3) is 0 Å². The van der Waals surface area contributed by atoms with Gasteiger partial charge in [0, 0.05) is 17.3 Å². The summed E-state index contributed by atoms with van der Waals surface area (Å²) in [6.07, 6.45) is 5.15. The van der Waals surface area contributed by atoms with Crippen LogP contribution >= 0.6 is 0 Å². The van der Waals surface area contributed by atoms with Gasteiger partial charge in [-0.3, -0.25) is 4.98 Å². The maximum atomic E-state index is 4.47. The predicted octanol–water partition coefficient (Wildman–Crippen LogP) is 2.02. The fourth-order valence-corrected chi connectivity index (χ4v) is 1.46. The van der Waals surface area contributed by atoms with Gasteiger partial charge in [-0.2, -0.15) is 5.10 Å². The number of rotatable bonds is 2. The van der Waals surface area contributed by atoms with Crippen molar-refractivity contribution in [3.63, 3.8) is 0 Å². The molecule has 0 unspecified atom stereocenters.